The standard InChI is InChI=1S/C17H14F4N2O2/c18-11-5-7-13(8-6-11)25-10-12(24)9-23-15-4-2-1-3-14(15)22-16(23)17(19,20)21/h1-8,12,24H,9-10H2/t12-/m1/s1. The van der Waals surface area contributed by atoms with Gasteiger partial charge >= 0.3 is 6.18 Å². The Labute approximate surface area is 140 Å². The van der Waals surface area contributed by atoms with E-state index >= 15 is 0 Å². The molecule has 1 N–H and O–H groups in total. The zero-order valence-corrected chi connectivity index (χ0v) is 12.9. The normalized spacial score (nSPS) is 13.2. The SMILES string of the molecule is O[C@@H](COc1ccc(F)cc1)Cn1c(C(F)(F)F)nc2ccccc21. The quantitative estimate of drug-likeness (QED) is 0.712. The number of hydrogen-bond acceptors (Lipinski definition) is 3. The van der Waals surface area contributed by atoms with Crippen molar-refractivity contribution in [2.45, 2.75) is 18.8 Å². The molecule has 1 aromatic heterocycles. The van der Waals surface area contributed by atoms with Gasteiger partial charge in [-0.05, 0) is 36.4 Å². The first kappa shape index (κ1) is 17.2. The van der Waals surface area contributed by atoms with Gasteiger partial charge in [-0.1, -0.05) is 12.1 Å². The Morgan fingerprint density at radius 2 is 1.76 bits per heavy atom. The van der Waals surface area contributed by atoms with Gasteiger partial charge in [0.1, 0.15) is 24.3 Å². The molecule has 1 heterocycles. The van der Waals surface area contributed by atoms with Crippen LogP contribution in [0.4, 0.5) is 17.6 Å². The lowest BCUT2D eigenvalue weighted by molar-refractivity contribution is -0.147. The minimum atomic E-state index is -4.64. The molecule has 0 fully saturated rings. The summed E-state index contributed by atoms with van der Waals surface area (Å²) in [5.74, 6) is -1.20. The monoisotopic (exact) mass is 354 g/mol. The Kier molecular flexibility index (Phi) is 4.63. The van der Waals surface area contributed by atoms with E-state index in [2.05, 4.69) is 4.98 Å². The zero-order chi connectivity index (χ0) is 18.0. The molecule has 8 heteroatoms. The third-order valence-electron chi connectivity index (χ3n) is 3.56. The second-order valence-electron chi connectivity index (χ2n) is 5.45. The second-order valence-corrected chi connectivity index (χ2v) is 5.45. The van der Waals surface area contributed by atoms with Gasteiger partial charge in [0.05, 0.1) is 17.6 Å². The predicted octanol–water partition coefficient (Wildman–Crippen LogP) is 3.63. The van der Waals surface area contributed by atoms with Gasteiger partial charge < -0.3 is 14.4 Å². The van der Waals surface area contributed by atoms with Crippen LogP contribution in [-0.2, 0) is 12.7 Å². The summed E-state index contributed by atoms with van der Waals surface area (Å²) in [5.41, 5.74) is 0.470. The summed E-state index contributed by atoms with van der Waals surface area (Å²) < 4.78 is 58.6. The summed E-state index contributed by atoms with van der Waals surface area (Å²) in [6.07, 6.45) is -5.85. The van der Waals surface area contributed by atoms with E-state index < -0.39 is 23.9 Å². The molecule has 0 saturated carbocycles. The molecule has 0 bridgehead atoms. The third-order valence-corrected chi connectivity index (χ3v) is 3.56. The maximum Gasteiger partial charge on any atom is 0.449 e. The highest BCUT2D eigenvalue weighted by Crippen LogP contribution is 2.31. The van der Waals surface area contributed by atoms with Gasteiger partial charge in [-0.3, -0.25) is 0 Å². The third kappa shape index (κ3) is 3.90. The molecule has 0 unspecified atom stereocenters. The van der Waals surface area contributed by atoms with Gasteiger partial charge in [0.25, 0.3) is 0 Å². The Morgan fingerprint density at radius 3 is 2.44 bits per heavy atom. The lowest BCUT2D eigenvalue weighted by Crippen LogP contribution is -2.26. The van der Waals surface area contributed by atoms with Crippen molar-refractivity contribution in [3.63, 3.8) is 0 Å². The van der Waals surface area contributed by atoms with E-state index in [0.29, 0.717) is 5.75 Å². The lowest BCUT2D eigenvalue weighted by atomic mass is 10.3. The Morgan fingerprint density at radius 1 is 1.08 bits per heavy atom. The number of benzene rings is 2. The first-order chi connectivity index (χ1) is 11.8. The fraction of sp³-hybridized carbons (Fsp3) is 0.235. The van der Waals surface area contributed by atoms with Crippen molar-refractivity contribution >= 4 is 11.0 Å². The van der Waals surface area contributed by atoms with Crippen molar-refractivity contribution in [2.75, 3.05) is 6.61 Å². The Balaban J connectivity index is 1.78. The summed E-state index contributed by atoms with van der Waals surface area (Å²) in [6, 6.07) is 11.3. The van der Waals surface area contributed by atoms with Gasteiger partial charge in [0.2, 0.25) is 5.82 Å². The maximum atomic E-state index is 13.2. The van der Waals surface area contributed by atoms with Crippen molar-refractivity contribution in [1.82, 2.24) is 9.55 Å². The van der Waals surface area contributed by atoms with Crippen molar-refractivity contribution in [3.8, 4) is 5.75 Å². The predicted molar refractivity (Wildman–Crippen MR) is 82.6 cm³/mol. The molecule has 0 aliphatic rings. The molecule has 1 atom stereocenters. The minimum Gasteiger partial charge on any atom is -0.491 e. The number of rotatable bonds is 5. The molecule has 4 nitrogen and oxygen atoms in total. The van der Waals surface area contributed by atoms with Crippen LogP contribution < -0.4 is 4.74 Å². The van der Waals surface area contributed by atoms with Crippen LogP contribution in [0.1, 0.15) is 5.82 Å². The number of fused-ring (bicyclic) bond motifs is 1. The molecule has 2 aromatic carbocycles. The Bertz CT molecular complexity index is 859. The first-order valence-electron chi connectivity index (χ1n) is 7.43. The average molecular weight is 354 g/mol. The van der Waals surface area contributed by atoms with Gasteiger partial charge in [-0.15, -0.1) is 0 Å². The molecular weight excluding hydrogens is 340 g/mol. The van der Waals surface area contributed by atoms with Crippen LogP contribution in [0.2, 0.25) is 0 Å². The van der Waals surface area contributed by atoms with E-state index in [-0.39, 0.29) is 24.2 Å². The van der Waals surface area contributed by atoms with Gasteiger partial charge in [0.15, 0.2) is 0 Å². The number of nitrogens with zero attached hydrogens (tertiary/aromatic N) is 2. The highest BCUT2D eigenvalue weighted by atomic mass is 19.4. The molecule has 0 amide bonds. The number of hydrogen-bond donors (Lipinski definition) is 1. The molecule has 0 aliphatic heterocycles. The van der Waals surface area contributed by atoms with Crippen LogP contribution in [0.5, 0.6) is 5.75 Å². The van der Waals surface area contributed by atoms with E-state index in [1.54, 1.807) is 12.1 Å². The van der Waals surface area contributed by atoms with Gasteiger partial charge in [0, 0.05) is 0 Å². The molecule has 132 valence electrons. The van der Waals surface area contributed by atoms with Crippen LogP contribution in [-0.4, -0.2) is 27.4 Å². The fourth-order valence-electron chi connectivity index (χ4n) is 2.46. The molecule has 0 spiro atoms. The second kappa shape index (κ2) is 6.72. The topological polar surface area (TPSA) is 47.3 Å². The minimum absolute atomic E-state index is 0.196. The number of aliphatic hydroxyl groups excluding tert-OH is 1. The highest BCUT2D eigenvalue weighted by molar-refractivity contribution is 5.76. The van der Waals surface area contributed by atoms with Crippen LogP contribution >= 0.6 is 0 Å². The summed E-state index contributed by atoms with van der Waals surface area (Å²) in [6.45, 7) is -0.577. The summed E-state index contributed by atoms with van der Waals surface area (Å²) in [4.78, 5) is 3.61. The summed E-state index contributed by atoms with van der Waals surface area (Å²) in [7, 11) is 0. The van der Waals surface area contributed by atoms with Crippen LogP contribution in [0.3, 0.4) is 0 Å². The van der Waals surface area contributed by atoms with Gasteiger partial charge in [-0.25, -0.2) is 9.37 Å². The molecular formula is C17H14F4N2O2. The van der Waals surface area contributed by atoms with E-state index in [4.69, 9.17) is 4.74 Å². The molecule has 3 aromatic rings. The van der Waals surface area contributed by atoms with Crippen molar-refractivity contribution in [1.29, 1.82) is 0 Å². The van der Waals surface area contributed by atoms with Crippen LogP contribution in [0, 0.1) is 5.82 Å². The van der Waals surface area contributed by atoms with E-state index in [0.717, 1.165) is 4.57 Å². The number of para-hydroxylation sites is 2. The zero-order valence-electron chi connectivity index (χ0n) is 12.9. The van der Waals surface area contributed by atoms with Crippen LogP contribution in [0.25, 0.3) is 11.0 Å². The first-order valence-corrected chi connectivity index (χ1v) is 7.43. The van der Waals surface area contributed by atoms with E-state index in [1.807, 2.05) is 0 Å². The van der Waals surface area contributed by atoms with Gasteiger partial charge in [-0.2, -0.15) is 13.2 Å². The van der Waals surface area contributed by atoms with E-state index in [1.165, 1.54) is 36.4 Å². The number of halogens is 4. The molecule has 0 saturated heterocycles. The molecule has 0 radical (unpaired) electrons. The fourth-order valence-corrected chi connectivity index (χ4v) is 2.46. The van der Waals surface area contributed by atoms with E-state index in [9.17, 15) is 22.7 Å². The average Bonchev–Trinajstić information content (AvgIpc) is 2.93. The number of imidazole rings is 1. The van der Waals surface area contributed by atoms with Crippen molar-refractivity contribution < 1.29 is 27.4 Å². The number of ether oxygens (including phenoxy) is 1. The molecule has 25 heavy (non-hydrogen) atoms. The number of alkyl halides is 3. The van der Waals surface area contributed by atoms with Crippen LogP contribution in [0.15, 0.2) is 48.5 Å². The number of aromatic nitrogens is 2. The summed E-state index contributed by atoms with van der Waals surface area (Å²) >= 11 is 0. The highest BCUT2D eigenvalue weighted by Gasteiger charge is 2.37. The lowest BCUT2D eigenvalue weighted by Gasteiger charge is -2.16. The van der Waals surface area contributed by atoms with Crippen molar-refractivity contribution in [3.05, 3.63) is 60.2 Å². The molecule has 0 aliphatic carbocycles. The Hall–Kier alpha value is -2.61. The summed E-state index contributed by atoms with van der Waals surface area (Å²) in [5, 5.41) is 10.1. The number of aliphatic hydroxyl groups is 1. The van der Waals surface area contributed by atoms with Crippen molar-refractivity contribution in [2.24, 2.45) is 0 Å². The maximum absolute atomic E-state index is 13.2. The largest absolute Gasteiger partial charge is 0.491 e. The smallest absolute Gasteiger partial charge is 0.449 e. The molecule has 3 rings (SSSR count).